The second-order valence-electron chi connectivity index (χ2n) is 6.81. The molecule has 3 rings (SSSR count). The van der Waals surface area contributed by atoms with Gasteiger partial charge in [0.25, 0.3) is 10.0 Å². The quantitative estimate of drug-likeness (QED) is 0.779. The molecule has 0 spiro atoms. The summed E-state index contributed by atoms with van der Waals surface area (Å²) in [6.45, 7) is 0.530. The highest BCUT2D eigenvalue weighted by Gasteiger charge is 2.40. The molecule has 2 heterocycles. The van der Waals surface area contributed by atoms with Gasteiger partial charge in [-0.1, -0.05) is 32.1 Å². The number of thiophene rings is 1. The third kappa shape index (κ3) is 3.86. The van der Waals surface area contributed by atoms with Crippen LogP contribution in [0.4, 0.5) is 0 Å². The molecule has 1 aromatic rings. The van der Waals surface area contributed by atoms with Gasteiger partial charge in [0.15, 0.2) is 0 Å². The van der Waals surface area contributed by atoms with Crippen LogP contribution in [0.2, 0.25) is 0 Å². The first-order chi connectivity index (χ1) is 11.4. The topological polar surface area (TPSA) is 74.7 Å². The van der Waals surface area contributed by atoms with Crippen LogP contribution in [0.1, 0.15) is 38.5 Å². The second-order valence-corrected chi connectivity index (χ2v) is 11.4. The molecule has 1 saturated carbocycles. The fraction of sp³-hybridized carbons (Fsp3) is 0.688. The Bertz CT molecular complexity index is 697. The molecule has 2 fully saturated rings. The van der Waals surface area contributed by atoms with Gasteiger partial charge < -0.3 is 5.11 Å². The van der Waals surface area contributed by atoms with Gasteiger partial charge >= 0.3 is 5.97 Å². The number of rotatable bonds is 4. The number of aliphatic carboxylic acids is 1. The highest BCUT2D eigenvalue weighted by atomic mass is 79.9. The van der Waals surface area contributed by atoms with Crippen molar-refractivity contribution in [3.63, 3.8) is 0 Å². The molecule has 1 aliphatic heterocycles. The molecule has 8 heteroatoms. The average Bonchev–Trinajstić information content (AvgIpc) is 3.02. The maximum absolute atomic E-state index is 12.9. The summed E-state index contributed by atoms with van der Waals surface area (Å²) in [4.78, 5) is 11.6. The fourth-order valence-electron chi connectivity index (χ4n) is 3.98. The Morgan fingerprint density at radius 3 is 2.46 bits per heavy atom. The molecule has 1 saturated heterocycles. The Labute approximate surface area is 155 Å². The minimum absolute atomic E-state index is 0.0798. The zero-order chi connectivity index (χ0) is 17.3. The number of hydrogen-bond acceptors (Lipinski definition) is 4. The van der Waals surface area contributed by atoms with E-state index in [9.17, 15) is 18.3 Å². The minimum Gasteiger partial charge on any atom is -0.481 e. The third-order valence-electron chi connectivity index (χ3n) is 5.26. The van der Waals surface area contributed by atoms with Crippen LogP contribution in [0, 0.1) is 17.8 Å². The molecule has 0 bridgehead atoms. The van der Waals surface area contributed by atoms with Gasteiger partial charge in [-0.05, 0) is 46.3 Å². The summed E-state index contributed by atoms with van der Waals surface area (Å²) >= 11 is 4.47. The monoisotopic (exact) mass is 435 g/mol. The molecule has 0 aromatic carbocycles. The van der Waals surface area contributed by atoms with Crippen LogP contribution in [-0.2, 0) is 14.8 Å². The van der Waals surface area contributed by atoms with Crippen molar-refractivity contribution in [2.45, 2.75) is 42.7 Å². The number of carboxylic acid groups (broad SMARTS) is 1. The molecule has 0 radical (unpaired) electrons. The lowest BCUT2D eigenvalue weighted by Gasteiger charge is -2.40. The van der Waals surface area contributed by atoms with E-state index in [1.54, 1.807) is 12.1 Å². The van der Waals surface area contributed by atoms with Crippen molar-refractivity contribution in [2.24, 2.45) is 17.8 Å². The Balaban J connectivity index is 1.84. The zero-order valence-electron chi connectivity index (χ0n) is 13.4. The number of piperidine rings is 1. The number of nitrogens with zero attached hydrogens (tertiary/aromatic N) is 1. The number of carbonyl (C=O) groups is 1. The van der Waals surface area contributed by atoms with Crippen molar-refractivity contribution >= 4 is 43.3 Å². The van der Waals surface area contributed by atoms with Crippen LogP contribution in [-0.4, -0.2) is 36.9 Å². The predicted octanol–water partition coefficient (Wildman–Crippen LogP) is 3.80. The van der Waals surface area contributed by atoms with Crippen molar-refractivity contribution in [3.05, 3.63) is 15.9 Å². The molecule has 1 N–H and O–H groups in total. The zero-order valence-corrected chi connectivity index (χ0v) is 16.6. The van der Waals surface area contributed by atoms with Gasteiger partial charge in [-0.15, -0.1) is 11.3 Å². The van der Waals surface area contributed by atoms with Gasteiger partial charge in [-0.3, -0.25) is 4.79 Å². The first kappa shape index (κ1) is 18.4. The first-order valence-corrected chi connectivity index (χ1v) is 11.4. The van der Waals surface area contributed by atoms with Gasteiger partial charge in [-0.25, -0.2) is 8.42 Å². The van der Waals surface area contributed by atoms with Gasteiger partial charge in [0, 0.05) is 13.1 Å². The molecule has 0 amide bonds. The molecular weight excluding hydrogens is 414 g/mol. The van der Waals surface area contributed by atoms with E-state index in [1.165, 1.54) is 34.9 Å². The lowest BCUT2D eigenvalue weighted by molar-refractivity contribution is -0.144. The Morgan fingerprint density at radius 1 is 1.17 bits per heavy atom. The lowest BCUT2D eigenvalue weighted by Crippen LogP contribution is -2.47. The first-order valence-electron chi connectivity index (χ1n) is 8.36. The van der Waals surface area contributed by atoms with E-state index in [0.717, 1.165) is 16.6 Å². The summed E-state index contributed by atoms with van der Waals surface area (Å²) in [6, 6.07) is 3.30. The molecule has 134 valence electrons. The number of hydrogen-bond donors (Lipinski definition) is 1. The van der Waals surface area contributed by atoms with E-state index in [-0.39, 0.29) is 16.7 Å². The normalized spacial score (nSPS) is 27.2. The highest BCUT2D eigenvalue weighted by molar-refractivity contribution is 9.11. The molecule has 2 unspecified atom stereocenters. The summed E-state index contributed by atoms with van der Waals surface area (Å²) in [7, 11) is -3.62. The second kappa shape index (κ2) is 7.43. The highest BCUT2D eigenvalue weighted by Crippen LogP contribution is 2.39. The van der Waals surface area contributed by atoms with E-state index in [2.05, 4.69) is 15.9 Å². The van der Waals surface area contributed by atoms with Crippen molar-refractivity contribution in [1.29, 1.82) is 0 Å². The lowest BCUT2D eigenvalue weighted by atomic mass is 9.75. The number of carboxylic acids is 1. The largest absolute Gasteiger partial charge is 0.481 e. The summed E-state index contributed by atoms with van der Waals surface area (Å²) in [6.07, 6.45) is 6.36. The molecular formula is C16H22BrNO4S2. The Hall–Kier alpha value is -0.440. The van der Waals surface area contributed by atoms with E-state index in [4.69, 9.17) is 0 Å². The molecule has 2 aliphatic rings. The van der Waals surface area contributed by atoms with Crippen molar-refractivity contribution < 1.29 is 18.3 Å². The Morgan fingerprint density at radius 2 is 1.88 bits per heavy atom. The number of halogens is 1. The molecule has 1 aromatic heterocycles. The summed E-state index contributed by atoms with van der Waals surface area (Å²) in [5.41, 5.74) is 0. The van der Waals surface area contributed by atoms with Crippen LogP contribution in [0.3, 0.4) is 0 Å². The molecule has 2 atom stereocenters. The van der Waals surface area contributed by atoms with Crippen molar-refractivity contribution in [1.82, 2.24) is 4.31 Å². The van der Waals surface area contributed by atoms with Gasteiger partial charge in [0.05, 0.1) is 9.70 Å². The van der Waals surface area contributed by atoms with Crippen LogP contribution in [0.5, 0.6) is 0 Å². The summed E-state index contributed by atoms with van der Waals surface area (Å²) < 4.78 is 28.3. The van der Waals surface area contributed by atoms with Gasteiger partial charge in [0.2, 0.25) is 0 Å². The van der Waals surface area contributed by atoms with Crippen LogP contribution in [0.15, 0.2) is 20.1 Å². The summed E-state index contributed by atoms with van der Waals surface area (Å²) in [5, 5.41) is 9.49. The summed E-state index contributed by atoms with van der Waals surface area (Å²) in [5.74, 6) is -0.890. The van der Waals surface area contributed by atoms with E-state index in [0.29, 0.717) is 18.9 Å². The Kier molecular flexibility index (Phi) is 5.68. The van der Waals surface area contributed by atoms with Crippen molar-refractivity contribution in [3.8, 4) is 0 Å². The van der Waals surface area contributed by atoms with Crippen molar-refractivity contribution in [2.75, 3.05) is 13.1 Å². The molecule has 5 nitrogen and oxygen atoms in total. The standard InChI is InChI=1S/C16H22BrNO4S2/c17-14-6-7-15(23-14)24(21,22)18-9-12(8-13(10-18)16(19)20)11-4-2-1-3-5-11/h6-7,11-13H,1-5,8-10H2,(H,19,20). The van der Waals surface area contributed by atoms with Crippen LogP contribution in [0.25, 0.3) is 0 Å². The molecule has 1 aliphatic carbocycles. The van der Waals surface area contributed by atoms with E-state index in [1.807, 2.05) is 0 Å². The van der Waals surface area contributed by atoms with E-state index >= 15 is 0 Å². The average molecular weight is 436 g/mol. The SMILES string of the molecule is O=C(O)C1CC(C2CCCCC2)CN(S(=O)(=O)c2ccc(Br)s2)C1. The fourth-order valence-corrected chi connectivity index (χ4v) is 7.69. The maximum atomic E-state index is 12.9. The van der Waals surface area contributed by atoms with Gasteiger partial charge in [-0.2, -0.15) is 4.31 Å². The predicted molar refractivity (Wildman–Crippen MR) is 96.6 cm³/mol. The number of sulfonamides is 1. The third-order valence-corrected chi connectivity index (χ3v) is 9.18. The van der Waals surface area contributed by atoms with Gasteiger partial charge in [0.1, 0.15) is 4.21 Å². The minimum atomic E-state index is -3.62. The van der Waals surface area contributed by atoms with Crippen LogP contribution >= 0.6 is 27.3 Å². The molecule has 24 heavy (non-hydrogen) atoms. The van der Waals surface area contributed by atoms with Crippen LogP contribution < -0.4 is 0 Å². The maximum Gasteiger partial charge on any atom is 0.307 e. The smallest absolute Gasteiger partial charge is 0.307 e. The van der Waals surface area contributed by atoms with E-state index < -0.39 is 21.9 Å².